The van der Waals surface area contributed by atoms with Gasteiger partial charge in [-0.05, 0) is 49.4 Å². The van der Waals surface area contributed by atoms with Crippen LogP contribution in [-0.2, 0) is 6.42 Å². The molecule has 2 aliphatic rings. The number of nitrogens with one attached hydrogen (secondary N) is 1. The summed E-state index contributed by atoms with van der Waals surface area (Å²) in [6, 6.07) is 13.9. The van der Waals surface area contributed by atoms with Crippen LogP contribution in [-0.4, -0.2) is 32.9 Å². The lowest BCUT2D eigenvalue weighted by atomic mass is 10.0. The van der Waals surface area contributed by atoms with Crippen molar-refractivity contribution in [1.82, 2.24) is 15.2 Å². The first-order valence-electron chi connectivity index (χ1n) is 8.82. The summed E-state index contributed by atoms with van der Waals surface area (Å²) in [6.07, 6.45) is 2.94. The third-order valence-electron chi connectivity index (χ3n) is 5.40. The predicted octanol–water partition coefficient (Wildman–Crippen LogP) is 3.94. The molecule has 1 aromatic heterocycles. The molecule has 0 unspecified atom stereocenters. The molecule has 134 valence electrons. The molecular formula is C20H20ClN3OS. The Morgan fingerprint density at radius 3 is 2.92 bits per heavy atom. The molecule has 0 spiro atoms. The van der Waals surface area contributed by atoms with E-state index in [1.165, 1.54) is 11.1 Å². The molecule has 4 nitrogen and oxygen atoms in total. The molecule has 26 heavy (non-hydrogen) atoms. The second-order valence-electron chi connectivity index (χ2n) is 7.13. The van der Waals surface area contributed by atoms with Crippen LogP contribution in [0.5, 0.6) is 0 Å². The fourth-order valence-corrected chi connectivity index (χ4v) is 4.53. The zero-order valence-corrected chi connectivity index (χ0v) is 16.1. The zero-order valence-electron chi connectivity index (χ0n) is 14.5. The molecule has 0 radical (unpaired) electrons. The maximum atomic E-state index is 12.6. The highest BCUT2D eigenvalue weighted by molar-refractivity contribution is 7.80. The summed E-state index contributed by atoms with van der Waals surface area (Å²) in [6.45, 7) is 2.84. The van der Waals surface area contributed by atoms with Gasteiger partial charge in [0.1, 0.15) is 15.8 Å². The number of fused-ring (bicyclic) bond motifs is 1. The van der Waals surface area contributed by atoms with Crippen LogP contribution >= 0.6 is 23.8 Å². The zero-order chi connectivity index (χ0) is 18.3. The van der Waals surface area contributed by atoms with Crippen molar-refractivity contribution in [2.45, 2.75) is 37.8 Å². The smallest absolute Gasteiger partial charge is 0.270 e. The lowest BCUT2D eigenvalue weighted by Crippen LogP contribution is -2.51. The number of nitrogens with zero attached hydrogens (tertiary/aromatic N) is 2. The molecule has 1 aliphatic carbocycles. The number of halogens is 1. The molecule has 4 rings (SSSR count). The monoisotopic (exact) mass is 385 g/mol. The van der Waals surface area contributed by atoms with Crippen molar-refractivity contribution in [3.8, 4) is 0 Å². The van der Waals surface area contributed by atoms with Gasteiger partial charge in [0.2, 0.25) is 0 Å². The lowest BCUT2D eigenvalue weighted by Gasteiger charge is -2.31. The number of aromatic nitrogens is 1. The van der Waals surface area contributed by atoms with Crippen LogP contribution in [0.4, 0.5) is 0 Å². The molecule has 2 atom stereocenters. The van der Waals surface area contributed by atoms with E-state index in [4.69, 9.17) is 23.8 Å². The fourth-order valence-electron chi connectivity index (χ4n) is 3.99. The van der Waals surface area contributed by atoms with E-state index < -0.39 is 5.54 Å². The van der Waals surface area contributed by atoms with Crippen molar-refractivity contribution in [2.24, 2.45) is 0 Å². The molecule has 1 saturated heterocycles. The number of hydrogen-bond acceptors (Lipinski definition) is 3. The van der Waals surface area contributed by atoms with Crippen molar-refractivity contribution in [1.29, 1.82) is 0 Å². The van der Waals surface area contributed by atoms with Crippen molar-refractivity contribution >= 4 is 34.7 Å². The summed E-state index contributed by atoms with van der Waals surface area (Å²) in [7, 11) is 0. The molecule has 1 aromatic carbocycles. The van der Waals surface area contributed by atoms with Crippen LogP contribution in [0.15, 0.2) is 42.5 Å². The van der Waals surface area contributed by atoms with Gasteiger partial charge in [-0.25, -0.2) is 4.98 Å². The van der Waals surface area contributed by atoms with Gasteiger partial charge in [-0.1, -0.05) is 54.2 Å². The molecule has 2 aromatic rings. The molecule has 0 bridgehead atoms. The Labute approximate surface area is 163 Å². The highest BCUT2D eigenvalue weighted by atomic mass is 35.5. The van der Waals surface area contributed by atoms with Crippen LogP contribution < -0.4 is 5.32 Å². The minimum atomic E-state index is -0.548. The van der Waals surface area contributed by atoms with Crippen LogP contribution in [0.25, 0.3) is 0 Å². The maximum absolute atomic E-state index is 12.6. The van der Waals surface area contributed by atoms with Crippen LogP contribution in [0.2, 0.25) is 5.15 Å². The van der Waals surface area contributed by atoms with Gasteiger partial charge in [-0.2, -0.15) is 0 Å². The molecule has 1 amide bonds. The number of hydrogen-bond donors (Lipinski definition) is 1. The Kier molecular flexibility index (Phi) is 4.45. The summed E-state index contributed by atoms with van der Waals surface area (Å²) in [5.74, 6) is -0.244. The normalized spacial score (nSPS) is 24.6. The number of carbonyl (C=O) groups is 1. The molecule has 1 aliphatic heterocycles. The number of pyridine rings is 1. The number of amides is 1. The van der Waals surface area contributed by atoms with Crippen LogP contribution in [0.3, 0.4) is 0 Å². The van der Waals surface area contributed by atoms with Crippen LogP contribution in [0.1, 0.15) is 47.4 Å². The lowest BCUT2D eigenvalue weighted by molar-refractivity contribution is 0.0923. The first-order valence-corrected chi connectivity index (χ1v) is 9.60. The summed E-state index contributed by atoms with van der Waals surface area (Å²) >= 11 is 11.7. The highest BCUT2D eigenvalue weighted by Gasteiger charge is 2.44. The van der Waals surface area contributed by atoms with Gasteiger partial charge in [0, 0.05) is 6.54 Å². The maximum Gasteiger partial charge on any atom is 0.270 e. The first kappa shape index (κ1) is 17.4. The third kappa shape index (κ3) is 2.99. The number of rotatable bonds is 3. The van der Waals surface area contributed by atoms with E-state index in [1.807, 2.05) is 6.92 Å². The SMILES string of the molecule is C[C@]1(NC(=O)c2cccc(Cl)n2)CCN([C@@H]2CCc3ccccc32)C1=S. The van der Waals surface area contributed by atoms with Crippen molar-refractivity contribution in [3.63, 3.8) is 0 Å². The van der Waals surface area contributed by atoms with E-state index in [-0.39, 0.29) is 5.91 Å². The van der Waals surface area contributed by atoms with E-state index in [9.17, 15) is 4.79 Å². The molecular weight excluding hydrogens is 366 g/mol. The van der Waals surface area contributed by atoms with Gasteiger partial charge >= 0.3 is 0 Å². The van der Waals surface area contributed by atoms with Crippen molar-refractivity contribution in [3.05, 3.63) is 64.4 Å². The standard InChI is InChI=1S/C20H20ClN3OS/c1-20(23-18(25)15-7-4-8-17(21)22-15)11-12-24(19(20)26)16-10-9-13-5-2-3-6-14(13)16/h2-8,16H,9-12H2,1H3,(H,23,25)/t16-,20+/m1/s1. The Balaban J connectivity index is 1.52. The summed E-state index contributed by atoms with van der Waals surface area (Å²) in [5, 5.41) is 3.39. The Hall–Kier alpha value is -1.98. The molecule has 0 saturated carbocycles. The molecule has 6 heteroatoms. The third-order valence-corrected chi connectivity index (χ3v) is 6.30. The van der Waals surface area contributed by atoms with E-state index >= 15 is 0 Å². The summed E-state index contributed by atoms with van der Waals surface area (Å²) in [5.41, 5.74) is 2.53. The number of thiocarbonyl (C=S) groups is 1. The predicted molar refractivity (Wildman–Crippen MR) is 107 cm³/mol. The van der Waals surface area contributed by atoms with Crippen molar-refractivity contribution in [2.75, 3.05) is 6.54 Å². The van der Waals surface area contributed by atoms with E-state index in [1.54, 1.807) is 18.2 Å². The van der Waals surface area contributed by atoms with E-state index in [2.05, 4.69) is 39.5 Å². The first-order chi connectivity index (χ1) is 12.5. The van der Waals surface area contributed by atoms with Crippen molar-refractivity contribution < 1.29 is 4.79 Å². The Bertz CT molecular complexity index is 887. The summed E-state index contributed by atoms with van der Waals surface area (Å²) < 4.78 is 0. The minimum Gasteiger partial charge on any atom is -0.357 e. The van der Waals surface area contributed by atoms with Gasteiger partial charge < -0.3 is 10.2 Å². The number of likely N-dealkylation sites (tertiary alicyclic amines) is 1. The fraction of sp³-hybridized carbons (Fsp3) is 0.350. The van der Waals surface area contributed by atoms with Gasteiger partial charge in [0.05, 0.1) is 11.6 Å². The van der Waals surface area contributed by atoms with Crippen LogP contribution in [0, 0.1) is 0 Å². The number of aryl methyl sites for hydroxylation is 1. The second-order valence-corrected chi connectivity index (χ2v) is 7.91. The highest BCUT2D eigenvalue weighted by Crippen LogP contribution is 2.40. The quantitative estimate of drug-likeness (QED) is 0.642. The van der Waals surface area contributed by atoms with Gasteiger partial charge in [-0.15, -0.1) is 0 Å². The topological polar surface area (TPSA) is 45.2 Å². The molecule has 1 fully saturated rings. The summed E-state index contributed by atoms with van der Waals surface area (Å²) in [4.78, 5) is 19.8. The van der Waals surface area contributed by atoms with Gasteiger partial charge in [0.25, 0.3) is 5.91 Å². The molecule has 2 heterocycles. The second kappa shape index (κ2) is 6.63. The van der Waals surface area contributed by atoms with Gasteiger partial charge in [0.15, 0.2) is 0 Å². The average molecular weight is 386 g/mol. The number of benzene rings is 1. The minimum absolute atomic E-state index is 0.244. The van der Waals surface area contributed by atoms with E-state index in [0.29, 0.717) is 16.9 Å². The average Bonchev–Trinajstić information content (AvgIpc) is 3.17. The van der Waals surface area contributed by atoms with Gasteiger partial charge in [-0.3, -0.25) is 4.79 Å². The Morgan fingerprint density at radius 2 is 2.12 bits per heavy atom. The van der Waals surface area contributed by atoms with E-state index in [0.717, 1.165) is 30.8 Å². The number of carbonyl (C=O) groups excluding carboxylic acids is 1. The Morgan fingerprint density at radius 1 is 1.31 bits per heavy atom. The molecule has 1 N–H and O–H groups in total. The largest absolute Gasteiger partial charge is 0.357 e.